The maximum Gasteiger partial charge on any atom is 0.258 e. The summed E-state index contributed by atoms with van der Waals surface area (Å²) in [4.78, 5) is 42.7. The lowest BCUT2D eigenvalue weighted by atomic mass is 9.91. The summed E-state index contributed by atoms with van der Waals surface area (Å²) in [5, 5.41) is 2.88. The summed E-state index contributed by atoms with van der Waals surface area (Å²) < 4.78 is 5.42. The van der Waals surface area contributed by atoms with Gasteiger partial charge in [-0.3, -0.25) is 14.4 Å². The van der Waals surface area contributed by atoms with Crippen LogP contribution in [0.2, 0.25) is 0 Å². The Morgan fingerprint density at radius 2 is 1.79 bits per heavy atom. The molecule has 174 valence electrons. The van der Waals surface area contributed by atoms with Gasteiger partial charge in [0.2, 0.25) is 11.8 Å². The maximum atomic E-state index is 13.7. The van der Waals surface area contributed by atoms with Crippen molar-refractivity contribution in [2.75, 3.05) is 25.5 Å². The van der Waals surface area contributed by atoms with Gasteiger partial charge in [0.15, 0.2) is 0 Å². The Labute approximate surface area is 194 Å². The third-order valence-electron chi connectivity index (χ3n) is 6.49. The van der Waals surface area contributed by atoms with Gasteiger partial charge in [-0.1, -0.05) is 25.1 Å². The molecule has 1 fully saturated rings. The zero-order valence-corrected chi connectivity index (χ0v) is 19.3. The SMILES string of the molecule is CCC(=O)Nc1ccc2c(c1)CN(C(=O)c1ccccc1OC)[C@H](C(=O)N1CCCCC1)C2. The van der Waals surface area contributed by atoms with Crippen molar-refractivity contribution in [1.29, 1.82) is 0 Å². The number of anilines is 1. The number of carbonyl (C=O) groups is 3. The zero-order valence-electron chi connectivity index (χ0n) is 19.3. The molecule has 2 heterocycles. The molecule has 1 atom stereocenters. The molecule has 0 radical (unpaired) electrons. The van der Waals surface area contributed by atoms with Crippen molar-refractivity contribution in [3.8, 4) is 5.75 Å². The summed E-state index contributed by atoms with van der Waals surface area (Å²) in [5.74, 6) is 0.204. The Balaban J connectivity index is 1.68. The van der Waals surface area contributed by atoms with E-state index in [1.165, 1.54) is 7.11 Å². The molecule has 2 aliphatic heterocycles. The van der Waals surface area contributed by atoms with Gasteiger partial charge in [0.25, 0.3) is 5.91 Å². The highest BCUT2D eigenvalue weighted by Crippen LogP contribution is 2.31. The van der Waals surface area contributed by atoms with E-state index in [-0.39, 0.29) is 17.7 Å². The predicted molar refractivity (Wildman–Crippen MR) is 126 cm³/mol. The van der Waals surface area contributed by atoms with E-state index in [4.69, 9.17) is 4.74 Å². The molecule has 0 aromatic heterocycles. The first kappa shape index (κ1) is 22.8. The fraction of sp³-hybridized carbons (Fsp3) is 0.423. The van der Waals surface area contributed by atoms with E-state index >= 15 is 0 Å². The largest absolute Gasteiger partial charge is 0.496 e. The first-order chi connectivity index (χ1) is 16.0. The van der Waals surface area contributed by atoms with E-state index in [0.717, 1.165) is 43.5 Å². The predicted octanol–water partition coefficient (Wildman–Crippen LogP) is 3.62. The first-order valence-corrected chi connectivity index (χ1v) is 11.7. The van der Waals surface area contributed by atoms with Crippen molar-refractivity contribution in [3.05, 3.63) is 59.2 Å². The summed E-state index contributed by atoms with van der Waals surface area (Å²) in [5.41, 5.74) is 3.11. The van der Waals surface area contributed by atoms with Crippen molar-refractivity contribution in [2.24, 2.45) is 0 Å². The van der Waals surface area contributed by atoms with E-state index < -0.39 is 6.04 Å². The van der Waals surface area contributed by atoms with Gasteiger partial charge in [0.05, 0.1) is 12.7 Å². The van der Waals surface area contributed by atoms with Gasteiger partial charge in [0.1, 0.15) is 11.8 Å². The molecule has 4 rings (SSSR count). The number of amides is 3. The Kier molecular flexibility index (Phi) is 6.96. The van der Waals surface area contributed by atoms with Crippen molar-refractivity contribution < 1.29 is 19.1 Å². The summed E-state index contributed by atoms with van der Waals surface area (Å²) in [6.07, 6.45) is 3.97. The molecule has 0 unspecified atom stereocenters. The molecular weight excluding hydrogens is 418 g/mol. The van der Waals surface area contributed by atoms with Gasteiger partial charge < -0.3 is 19.9 Å². The molecule has 1 N–H and O–H groups in total. The van der Waals surface area contributed by atoms with Crippen LogP contribution in [0.4, 0.5) is 5.69 Å². The van der Waals surface area contributed by atoms with Crippen LogP contribution in [0.5, 0.6) is 5.75 Å². The lowest BCUT2D eigenvalue weighted by Crippen LogP contribution is -2.54. The minimum Gasteiger partial charge on any atom is -0.496 e. The fourth-order valence-corrected chi connectivity index (χ4v) is 4.65. The topological polar surface area (TPSA) is 79.0 Å². The number of hydrogen-bond acceptors (Lipinski definition) is 4. The third-order valence-corrected chi connectivity index (χ3v) is 6.49. The standard InChI is InChI=1S/C26H31N3O4/c1-3-24(30)27-20-12-11-18-16-22(26(32)28-13-7-4-8-14-28)29(17-19(18)15-20)25(31)21-9-5-6-10-23(21)33-2/h5-6,9-12,15,22H,3-4,7-8,13-14,16-17H2,1-2H3,(H,27,30)/t22-/m0/s1. The molecule has 2 aromatic carbocycles. The number of fused-ring (bicyclic) bond motifs is 1. The number of nitrogens with zero attached hydrogens (tertiary/aromatic N) is 2. The molecule has 2 aliphatic rings. The summed E-state index contributed by atoms with van der Waals surface area (Å²) >= 11 is 0. The summed E-state index contributed by atoms with van der Waals surface area (Å²) in [6.45, 7) is 3.58. The number of hydrogen-bond donors (Lipinski definition) is 1. The van der Waals surface area contributed by atoms with Crippen LogP contribution in [0.1, 0.15) is 54.1 Å². The first-order valence-electron chi connectivity index (χ1n) is 11.7. The zero-order chi connectivity index (χ0) is 23.4. The van der Waals surface area contributed by atoms with Crippen molar-refractivity contribution in [1.82, 2.24) is 9.80 Å². The van der Waals surface area contributed by atoms with Crippen molar-refractivity contribution >= 4 is 23.4 Å². The Bertz CT molecular complexity index is 1050. The molecule has 0 saturated carbocycles. The number of rotatable bonds is 5. The fourth-order valence-electron chi connectivity index (χ4n) is 4.65. The number of benzene rings is 2. The van der Waals surface area contributed by atoms with Crippen LogP contribution in [0, 0.1) is 0 Å². The minimum absolute atomic E-state index is 0.00644. The van der Waals surface area contributed by atoms with Crippen LogP contribution in [0.25, 0.3) is 0 Å². The second-order valence-electron chi connectivity index (χ2n) is 8.62. The highest BCUT2D eigenvalue weighted by molar-refractivity contribution is 6.00. The molecule has 0 bridgehead atoms. The monoisotopic (exact) mass is 449 g/mol. The molecule has 33 heavy (non-hydrogen) atoms. The average molecular weight is 450 g/mol. The van der Waals surface area contributed by atoms with Gasteiger partial charge in [-0.15, -0.1) is 0 Å². The number of ether oxygens (including phenoxy) is 1. The van der Waals surface area contributed by atoms with Crippen LogP contribution in [0.15, 0.2) is 42.5 Å². The third kappa shape index (κ3) is 4.87. The second-order valence-corrected chi connectivity index (χ2v) is 8.62. The Hall–Kier alpha value is -3.35. The van der Waals surface area contributed by atoms with Crippen LogP contribution in [-0.2, 0) is 22.6 Å². The Morgan fingerprint density at radius 3 is 2.52 bits per heavy atom. The van der Waals surface area contributed by atoms with Crippen molar-refractivity contribution in [3.63, 3.8) is 0 Å². The van der Waals surface area contributed by atoms with Gasteiger partial charge in [0, 0.05) is 38.2 Å². The second kappa shape index (κ2) is 10.1. The molecular formula is C26H31N3O4. The molecule has 3 amide bonds. The molecule has 1 saturated heterocycles. The minimum atomic E-state index is -0.566. The number of likely N-dealkylation sites (tertiary alicyclic amines) is 1. The molecule has 0 aliphatic carbocycles. The molecule has 0 spiro atoms. The van der Waals surface area contributed by atoms with Gasteiger partial charge in [-0.05, 0) is 54.7 Å². The molecule has 7 nitrogen and oxygen atoms in total. The van der Waals surface area contributed by atoms with Gasteiger partial charge in [-0.25, -0.2) is 0 Å². The number of piperidine rings is 1. The lowest BCUT2D eigenvalue weighted by Gasteiger charge is -2.40. The number of nitrogens with one attached hydrogen (secondary N) is 1. The molecule has 7 heteroatoms. The lowest BCUT2D eigenvalue weighted by molar-refractivity contribution is -0.137. The number of carbonyl (C=O) groups excluding carboxylic acids is 3. The number of methoxy groups -OCH3 is 1. The van der Waals surface area contributed by atoms with Crippen molar-refractivity contribution in [2.45, 2.75) is 51.6 Å². The number of para-hydroxylation sites is 1. The summed E-state index contributed by atoms with van der Waals surface area (Å²) in [7, 11) is 1.54. The van der Waals surface area contributed by atoms with E-state index in [1.807, 2.05) is 29.2 Å². The van der Waals surface area contributed by atoms with Gasteiger partial charge >= 0.3 is 0 Å². The van der Waals surface area contributed by atoms with Crippen LogP contribution in [-0.4, -0.2) is 53.8 Å². The smallest absolute Gasteiger partial charge is 0.258 e. The van der Waals surface area contributed by atoms with Crippen LogP contribution in [0.3, 0.4) is 0 Å². The average Bonchev–Trinajstić information content (AvgIpc) is 2.87. The molecule has 2 aromatic rings. The summed E-state index contributed by atoms with van der Waals surface area (Å²) in [6, 6.07) is 12.3. The normalized spacial score (nSPS) is 17.8. The van der Waals surface area contributed by atoms with Gasteiger partial charge in [-0.2, -0.15) is 0 Å². The van der Waals surface area contributed by atoms with Crippen LogP contribution < -0.4 is 10.1 Å². The highest BCUT2D eigenvalue weighted by Gasteiger charge is 2.38. The van der Waals surface area contributed by atoms with E-state index in [9.17, 15) is 14.4 Å². The van der Waals surface area contributed by atoms with E-state index in [2.05, 4.69) is 5.32 Å². The Morgan fingerprint density at radius 1 is 1.03 bits per heavy atom. The quantitative estimate of drug-likeness (QED) is 0.756. The van der Waals surface area contributed by atoms with E-state index in [0.29, 0.717) is 36.4 Å². The van der Waals surface area contributed by atoms with Crippen LogP contribution >= 0.6 is 0 Å². The highest BCUT2D eigenvalue weighted by atomic mass is 16.5. The maximum absolute atomic E-state index is 13.7. The van der Waals surface area contributed by atoms with E-state index in [1.54, 1.807) is 30.0 Å².